The SMILES string of the molecule is NCCCCCCOC(=O)Nc1ccccc1. The average Bonchev–Trinajstić information content (AvgIpc) is 2.35. The zero-order valence-corrected chi connectivity index (χ0v) is 10.0. The molecule has 0 saturated heterocycles. The molecule has 0 aromatic heterocycles. The number of hydrogen-bond acceptors (Lipinski definition) is 3. The molecule has 1 aromatic carbocycles. The first-order valence-corrected chi connectivity index (χ1v) is 6.02. The molecule has 1 rings (SSSR count). The van der Waals surface area contributed by atoms with Gasteiger partial charge in [0, 0.05) is 5.69 Å². The maximum atomic E-state index is 11.3. The van der Waals surface area contributed by atoms with E-state index < -0.39 is 6.09 Å². The predicted molar refractivity (Wildman–Crippen MR) is 68.9 cm³/mol. The normalized spacial score (nSPS) is 9.94. The van der Waals surface area contributed by atoms with Crippen LogP contribution >= 0.6 is 0 Å². The molecule has 0 bridgehead atoms. The second-order valence-electron chi connectivity index (χ2n) is 3.83. The van der Waals surface area contributed by atoms with Gasteiger partial charge in [-0.3, -0.25) is 5.32 Å². The Morgan fingerprint density at radius 2 is 1.82 bits per heavy atom. The van der Waals surface area contributed by atoms with Crippen molar-refractivity contribution < 1.29 is 9.53 Å². The topological polar surface area (TPSA) is 64.3 Å². The molecule has 1 aromatic rings. The molecule has 17 heavy (non-hydrogen) atoms. The minimum absolute atomic E-state index is 0.393. The largest absolute Gasteiger partial charge is 0.449 e. The van der Waals surface area contributed by atoms with Gasteiger partial charge in [0.05, 0.1) is 6.61 Å². The number of para-hydroxylation sites is 1. The number of rotatable bonds is 7. The zero-order valence-electron chi connectivity index (χ0n) is 10.0. The Kier molecular flexibility index (Phi) is 6.82. The fourth-order valence-electron chi connectivity index (χ4n) is 1.44. The van der Waals surface area contributed by atoms with E-state index in [1.54, 1.807) is 0 Å². The van der Waals surface area contributed by atoms with Gasteiger partial charge in [0.25, 0.3) is 0 Å². The molecule has 0 aliphatic carbocycles. The first-order chi connectivity index (χ1) is 8.33. The molecule has 1 amide bonds. The van der Waals surface area contributed by atoms with E-state index in [4.69, 9.17) is 10.5 Å². The standard InChI is InChI=1S/C13H20N2O2/c14-10-6-1-2-7-11-17-13(16)15-12-8-4-3-5-9-12/h3-5,8-9H,1-2,6-7,10-11,14H2,(H,15,16). The lowest BCUT2D eigenvalue weighted by atomic mass is 10.2. The van der Waals surface area contributed by atoms with Crippen LogP contribution in [-0.4, -0.2) is 19.2 Å². The molecule has 0 atom stereocenters. The third-order valence-corrected chi connectivity index (χ3v) is 2.35. The average molecular weight is 236 g/mol. The highest BCUT2D eigenvalue weighted by molar-refractivity contribution is 5.84. The van der Waals surface area contributed by atoms with E-state index in [0.717, 1.165) is 37.9 Å². The Balaban J connectivity index is 2.06. The van der Waals surface area contributed by atoms with E-state index in [1.807, 2.05) is 30.3 Å². The second-order valence-corrected chi connectivity index (χ2v) is 3.83. The summed E-state index contributed by atoms with van der Waals surface area (Å²) in [4.78, 5) is 11.3. The van der Waals surface area contributed by atoms with E-state index in [-0.39, 0.29) is 0 Å². The number of benzene rings is 1. The molecule has 4 heteroatoms. The highest BCUT2D eigenvalue weighted by Gasteiger charge is 2.01. The van der Waals surface area contributed by atoms with Crippen LogP contribution in [0.4, 0.5) is 10.5 Å². The van der Waals surface area contributed by atoms with Gasteiger partial charge < -0.3 is 10.5 Å². The summed E-state index contributed by atoms with van der Waals surface area (Å²) >= 11 is 0. The van der Waals surface area contributed by atoms with E-state index in [9.17, 15) is 4.79 Å². The van der Waals surface area contributed by atoms with Crippen molar-refractivity contribution in [1.29, 1.82) is 0 Å². The Hall–Kier alpha value is -1.55. The van der Waals surface area contributed by atoms with Crippen molar-refractivity contribution >= 4 is 11.8 Å². The van der Waals surface area contributed by atoms with Crippen molar-refractivity contribution in [3.8, 4) is 0 Å². The highest BCUT2D eigenvalue weighted by atomic mass is 16.5. The summed E-state index contributed by atoms with van der Waals surface area (Å²) in [5.41, 5.74) is 6.13. The number of nitrogens with one attached hydrogen (secondary N) is 1. The summed E-state index contributed by atoms with van der Waals surface area (Å²) in [5, 5.41) is 2.66. The summed E-state index contributed by atoms with van der Waals surface area (Å²) in [6, 6.07) is 9.27. The number of ether oxygens (including phenoxy) is 1. The van der Waals surface area contributed by atoms with Crippen LogP contribution in [0, 0.1) is 0 Å². The monoisotopic (exact) mass is 236 g/mol. The number of nitrogens with two attached hydrogens (primary N) is 1. The first kappa shape index (κ1) is 13.5. The summed E-state index contributed by atoms with van der Waals surface area (Å²) in [7, 11) is 0. The summed E-state index contributed by atoms with van der Waals surface area (Å²) in [5.74, 6) is 0. The predicted octanol–water partition coefficient (Wildman–Crippen LogP) is 2.75. The van der Waals surface area contributed by atoms with Gasteiger partial charge in [-0.05, 0) is 31.5 Å². The van der Waals surface area contributed by atoms with E-state index in [2.05, 4.69) is 5.32 Å². The smallest absolute Gasteiger partial charge is 0.411 e. The van der Waals surface area contributed by atoms with Crippen LogP contribution in [0.3, 0.4) is 0 Å². The number of carbonyl (C=O) groups is 1. The van der Waals surface area contributed by atoms with Crippen molar-refractivity contribution in [1.82, 2.24) is 0 Å². The number of unbranched alkanes of at least 4 members (excludes halogenated alkanes) is 3. The van der Waals surface area contributed by atoms with Crippen LogP contribution in [-0.2, 0) is 4.74 Å². The van der Waals surface area contributed by atoms with E-state index in [0.29, 0.717) is 6.61 Å². The van der Waals surface area contributed by atoms with Gasteiger partial charge in [0.2, 0.25) is 0 Å². The van der Waals surface area contributed by atoms with Crippen LogP contribution in [0.1, 0.15) is 25.7 Å². The summed E-state index contributed by atoms with van der Waals surface area (Å²) < 4.78 is 5.04. The third kappa shape index (κ3) is 6.58. The first-order valence-electron chi connectivity index (χ1n) is 6.02. The zero-order chi connectivity index (χ0) is 12.3. The lowest BCUT2D eigenvalue weighted by molar-refractivity contribution is 0.159. The van der Waals surface area contributed by atoms with Crippen molar-refractivity contribution in [3.63, 3.8) is 0 Å². The van der Waals surface area contributed by atoms with Crippen molar-refractivity contribution in [2.24, 2.45) is 5.73 Å². The van der Waals surface area contributed by atoms with Crippen LogP contribution in [0.25, 0.3) is 0 Å². The van der Waals surface area contributed by atoms with Gasteiger partial charge in [-0.2, -0.15) is 0 Å². The minimum atomic E-state index is -0.393. The van der Waals surface area contributed by atoms with Gasteiger partial charge in [0.1, 0.15) is 0 Å². The number of amides is 1. The van der Waals surface area contributed by atoms with Crippen molar-refractivity contribution in [2.45, 2.75) is 25.7 Å². The van der Waals surface area contributed by atoms with Gasteiger partial charge >= 0.3 is 6.09 Å². The molecule has 0 saturated carbocycles. The van der Waals surface area contributed by atoms with Gasteiger partial charge in [-0.1, -0.05) is 31.0 Å². The van der Waals surface area contributed by atoms with Crippen LogP contribution in [0.15, 0.2) is 30.3 Å². The Labute approximate surface area is 102 Å². The van der Waals surface area contributed by atoms with Gasteiger partial charge in [-0.25, -0.2) is 4.79 Å². The molecule has 0 aliphatic rings. The fraction of sp³-hybridized carbons (Fsp3) is 0.462. The maximum Gasteiger partial charge on any atom is 0.411 e. The molecular weight excluding hydrogens is 216 g/mol. The Morgan fingerprint density at radius 3 is 2.53 bits per heavy atom. The number of hydrogen-bond donors (Lipinski definition) is 2. The summed E-state index contributed by atoms with van der Waals surface area (Å²) in [6.07, 6.45) is 3.68. The lowest BCUT2D eigenvalue weighted by Crippen LogP contribution is -2.14. The molecule has 0 spiro atoms. The van der Waals surface area contributed by atoms with E-state index in [1.165, 1.54) is 0 Å². The van der Waals surface area contributed by atoms with Crippen LogP contribution < -0.4 is 11.1 Å². The highest BCUT2D eigenvalue weighted by Crippen LogP contribution is 2.05. The Morgan fingerprint density at radius 1 is 1.12 bits per heavy atom. The van der Waals surface area contributed by atoms with Crippen LogP contribution in [0.2, 0.25) is 0 Å². The quantitative estimate of drug-likeness (QED) is 0.715. The molecule has 4 nitrogen and oxygen atoms in total. The molecular formula is C13H20N2O2. The number of anilines is 1. The molecule has 94 valence electrons. The van der Waals surface area contributed by atoms with Crippen LogP contribution in [0.5, 0.6) is 0 Å². The molecule has 0 fully saturated rings. The van der Waals surface area contributed by atoms with Crippen molar-refractivity contribution in [2.75, 3.05) is 18.5 Å². The molecule has 0 heterocycles. The molecule has 3 N–H and O–H groups in total. The molecule has 0 unspecified atom stereocenters. The van der Waals surface area contributed by atoms with Crippen molar-refractivity contribution in [3.05, 3.63) is 30.3 Å². The minimum Gasteiger partial charge on any atom is -0.449 e. The Bertz CT molecular complexity index is 314. The fourth-order valence-corrected chi connectivity index (χ4v) is 1.44. The third-order valence-electron chi connectivity index (χ3n) is 2.35. The second kappa shape index (κ2) is 8.58. The molecule has 0 aliphatic heterocycles. The lowest BCUT2D eigenvalue weighted by Gasteiger charge is -2.06. The van der Waals surface area contributed by atoms with E-state index >= 15 is 0 Å². The maximum absolute atomic E-state index is 11.3. The summed E-state index contributed by atoms with van der Waals surface area (Å²) in [6.45, 7) is 1.19. The van der Waals surface area contributed by atoms with Gasteiger partial charge in [-0.15, -0.1) is 0 Å². The molecule has 0 radical (unpaired) electrons. The number of carbonyl (C=O) groups excluding carboxylic acids is 1. The van der Waals surface area contributed by atoms with Gasteiger partial charge in [0.15, 0.2) is 0 Å².